The minimum Gasteiger partial charge on any atom is -0.490 e. The van der Waals surface area contributed by atoms with Crippen LogP contribution in [0.3, 0.4) is 0 Å². The van der Waals surface area contributed by atoms with E-state index in [0.717, 1.165) is 11.3 Å². The largest absolute Gasteiger partial charge is 0.490 e. The zero-order valence-electron chi connectivity index (χ0n) is 9.98. The van der Waals surface area contributed by atoms with Crippen LogP contribution in [0.25, 0.3) is 0 Å². The maximum absolute atomic E-state index is 11.0. The Labute approximate surface area is 101 Å². The number of nitrogens with one attached hydrogen (secondary N) is 1. The van der Waals surface area contributed by atoms with E-state index >= 15 is 0 Å². The van der Waals surface area contributed by atoms with Crippen molar-refractivity contribution < 1.29 is 9.53 Å². The third-order valence-electron chi connectivity index (χ3n) is 2.31. The van der Waals surface area contributed by atoms with Gasteiger partial charge in [0.1, 0.15) is 12.4 Å². The van der Waals surface area contributed by atoms with Crippen molar-refractivity contribution in [3.05, 3.63) is 42.0 Å². The van der Waals surface area contributed by atoms with Crippen LogP contribution in [0.15, 0.2) is 36.4 Å². The van der Waals surface area contributed by atoms with Crippen LogP contribution in [0.1, 0.15) is 18.9 Å². The highest BCUT2D eigenvalue weighted by Crippen LogP contribution is 2.13. The molecule has 0 radical (unpaired) electrons. The van der Waals surface area contributed by atoms with Gasteiger partial charge in [0.05, 0.1) is 0 Å². The fraction of sp³-hybridized carbons (Fsp3) is 0.308. The Morgan fingerprint density at radius 3 is 2.71 bits per heavy atom. The van der Waals surface area contributed by atoms with Gasteiger partial charge in [0.25, 0.3) is 0 Å². The molecular formula is C13H18N2O2. The van der Waals surface area contributed by atoms with E-state index in [9.17, 15) is 4.79 Å². The summed E-state index contributed by atoms with van der Waals surface area (Å²) in [6.07, 6.45) is 4.97. The van der Waals surface area contributed by atoms with Crippen molar-refractivity contribution in [3.8, 4) is 5.75 Å². The first-order valence-corrected chi connectivity index (χ1v) is 5.58. The van der Waals surface area contributed by atoms with Crippen LogP contribution >= 0.6 is 0 Å². The minimum absolute atomic E-state index is 0.154. The first kappa shape index (κ1) is 13.3. The highest BCUT2D eigenvalue weighted by molar-refractivity contribution is 5.75. The number of amides is 1. The highest BCUT2D eigenvalue weighted by atomic mass is 16.5. The fourth-order valence-corrected chi connectivity index (χ4v) is 1.32. The van der Waals surface area contributed by atoms with Gasteiger partial charge < -0.3 is 4.74 Å². The molecule has 0 spiro atoms. The summed E-state index contributed by atoms with van der Waals surface area (Å²) < 4.78 is 5.46. The van der Waals surface area contributed by atoms with Crippen LogP contribution in [0.4, 0.5) is 0 Å². The third kappa shape index (κ3) is 5.17. The van der Waals surface area contributed by atoms with E-state index in [1.165, 1.54) is 0 Å². The predicted molar refractivity (Wildman–Crippen MR) is 67.4 cm³/mol. The number of ether oxygens (including phenoxy) is 1. The minimum atomic E-state index is -0.154. The summed E-state index contributed by atoms with van der Waals surface area (Å²) in [5.74, 6) is 5.68. The molecule has 0 bridgehead atoms. The topological polar surface area (TPSA) is 64.3 Å². The van der Waals surface area contributed by atoms with Gasteiger partial charge >= 0.3 is 0 Å². The fourth-order valence-electron chi connectivity index (χ4n) is 1.32. The summed E-state index contributed by atoms with van der Waals surface area (Å²) in [5.41, 5.74) is 3.20. The standard InChI is InChI=1S/C13H18N2O2/c1-2-3-10-17-12-7-4-11(5-8-12)6-9-13(16)15-14/h2-5,7-8H,6,9-10,14H2,1H3,(H,15,16). The zero-order chi connectivity index (χ0) is 12.5. The predicted octanol–water partition coefficient (Wildman–Crippen LogP) is 1.56. The van der Waals surface area contributed by atoms with Crippen molar-refractivity contribution in [2.45, 2.75) is 19.8 Å². The van der Waals surface area contributed by atoms with Gasteiger partial charge in [0.2, 0.25) is 5.91 Å². The van der Waals surface area contributed by atoms with Gasteiger partial charge in [-0.2, -0.15) is 0 Å². The van der Waals surface area contributed by atoms with E-state index in [2.05, 4.69) is 5.43 Å². The van der Waals surface area contributed by atoms with Crippen LogP contribution in [-0.4, -0.2) is 12.5 Å². The number of carbonyl (C=O) groups is 1. The molecule has 3 N–H and O–H groups in total. The van der Waals surface area contributed by atoms with Crippen LogP contribution in [0.5, 0.6) is 5.75 Å². The number of hydrogen-bond acceptors (Lipinski definition) is 3. The number of carbonyl (C=O) groups excluding carboxylic acids is 1. The maximum Gasteiger partial charge on any atom is 0.234 e. The number of allylic oxidation sites excluding steroid dienone is 1. The van der Waals surface area contributed by atoms with Crippen molar-refractivity contribution >= 4 is 5.91 Å². The molecule has 1 aromatic rings. The van der Waals surface area contributed by atoms with Crippen molar-refractivity contribution in [1.29, 1.82) is 0 Å². The number of nitrogens with two attached hydrogens (primary N) is 1. The van der Waals surface area contributed by atoms with E-state index in [1.807, 2.05) is 43.3 Å². The normalized spacial score (nSPS) is 10.5. The molecular weight excluding hydrogens is 216 g/mol. The van der Waals surface area contributed by atoms with Crippen molar-refractivity contribution in [1.82, 2.24) is 5.43 Å². The van der Waals surface area contributed by atoms with Crippen molar-refractivity contribution in [2.75, 3.05) is 6.61 Å². The molecule has 92 valence electrons. The maximum atomic E-state index is 11.0. The molecule has 0 heterocycles. The lowest BCUT2D eigenvalue weighted by atomic mass is 10.1. The van der Waals surface area contributed by atoms with E-state index in [1.54, 1.807) is 0 Å². The molecule has 0 saturated carbocycles. The van der Waals surface area contributed by atoms with Crippen molar-refractivity contribution in [3.63, 3.8) is 0 Å². The first-order valence-electron chi connectivity index (χ1n) is 5.58. The average Bonchev–Trinajstić information content (AvgIpc) is 2.37. The highest BCUT2D eigenvalue weighted by Gasteiger charge is 2.00. The first-order chi connectivity index (χ1) is 8.26. The molecule has 0 aliphatic rings. The summed E-state index contributed by atoms with van der Waals surface area (Å²) in [7, 11) is 0. The van der Waals surface area contributed by atoms with E-state index in [0.29, 0.717) is 19.4 Å². The smallest absolute Gasteiger partial charge is 0.234 e. The Bertz CT molecular complexity index is 372. The van der Waals surface area contributed by atoms with Gasteiger partial charge in [-0.25, -0.2) is 5.84 Å². The number of hydrogen-bond donors (Lipinski definition) is 2. The van der Waals surface area contributed by atoms with E-state index in [4.69, 9.17) is 10.6 Å². The lowest BCUT2D eigenvalue weighted by Gasteiger charge is -2.05. The van der Waals surface area contributed by atoms with Gasteiger partial charge in [-0.3, -0.25) is 10.2 Å². The summed E-state index contributed by atoms with van der Waals surface area (Å²) in [6, 6.07) is 7.71. The molecule has 0 saturated heterocycles. The zero-order valence-corrected chi connectivity index (χ0v) is 9.98. The Balaban J connectivity index is 2.41. The quantitative estimate of drug-likeness (QED) is 0.340. The Morgan fingerprint density at radius 1 is 1.41 bits per heavy atom. The molecule has 0 aliphatic heterocycles. The Hall–Kier alpha value is -1.81. The van der Waals surface area contributed by atoms with Gasteiger partial charge in [-0.1, -0.05) is 24.3 Å². The van der Waals surface area contributed by atoms with Crippen LogP contribution < -0.4 is 16.0 Å². The second-order valence-electron chi connectivity index (χ2n) is 3.59. The van der Waals surface area contributed by atoms with Gasteiger partial charge in [0, 0.05) is 6.42 Å². The molecule has 1 aromatic carbocycles. The summed E-state index contributed by atoms with van der Waals surface area (Å²) in [5, 5.41) is 0. The lowest BCUT2D eigenvalue weighted by molar-refractivity contribution is -0.121. The number of aryl methyl sites for hydroxylation is 1. The lowest BCUT2D eigenvalue weighted by Crippen LogP contribution is -2.30. The Kier molecular flexibility index (Phi) is 5.82. The van der Waals surface area contributed by atoms with Crippen molar-refractivity contribution in [2.24, 2.45) is 5.84 Å². The SMILES string of the molecule is CC=CCOc1ccc(CCC(=O)NN)cc1. The number of hydrazine groups is 1. The molecule has 1 rings (SSSR count). The van der Waals surface area contributed by atoms with E-state index < -0.39 is 0 Å². The monoisotopic (exact) mass is 234 g/mol. The van der Waals surface area contributed by atoms with Gasteiger partial charge in [0.15, 0.2) is 0 Å². The number of rotatable bonds is 6. The second kappa shape index (κ2) is 7.46. The molecule has 17 heavy (non-hydrogen) atoms. The second-order valence-corrected chi connectivity index (χ2v) is 3.59. The van der Waals surface area contributed by atoms with Gasteiger partial charge in [-0.05, 0) is 31.0 Å². The molecule has 0 aliphatic carbocycles. The van der Waals surface area contributed by atoms with Crippen LogP contribution in [0, 0.1) is 0 Å². The third-order valence-corrected chi connectivity index (χ3v) is 2.31. The molecule has 0 aromatic heterocycles. The molecule has 4 nitrogen and oxygen atoms in total. The average molecular weight is 234 g/mol. The summed E-state index contributed by atoms with van der Waals surface area (Å²) in [6.45, 7) is 2.53. The summed E-state index contributed by atoms with van der Waals surface area (Å²) in [4.78, 5) is 11.0. The molecule has 0 unspecified atom stereocenters. The molecule has 4 heteroatoms. The van der Waals surface area contributed by atoms with Crippen LogP contribution in [-0.2, 0) is 11.2 Å². The van der Waals surface area contributed by atoms with Gasteiger partial charge in [-0.15, -0.1) is 0 Å². The molecule has 0 fully saturated rings. The van der Waals surface area contributed by atoms with Crippen LogP contribution in [0.2, 0.25) is 0 Å². The molecule has 0 atom stereocenters. The Morgan fingerprint density at radius 2 is 2.12 bits per heavy atom. The molecule has 1 amide bonds. The summed E-state index contributed by atoms with van der Waals surface area (Å²) >= 11 is 0. The number of benzene rings is 1. The van der Waals surface area contributed by atoms with E-state index in [-0.39, 0.29) is 5.91 Å².